The molecule has 0 heterocycles. The number of para-hydroxylation sites is 1. The molecule has 0 saturated carbocycles. The fourth-order valence-electron chi connectivity index (χ4n) is 1.89. The summed E-state index contributed by atoms with van der Waals surface area (Å²) in [4.78, 5) is 0. The Balaban J connectivity index is 2.08. The van der Waals surface area contributed by atoms with Gasteiger partial charge in [0.05, 0.1) is 0 Å². The van der Waals surface area contributed by atoms with Gasteiger partial charge in [-0.2, -0.15) is 0 Å². The van der Waals surface area contributed by atoms with Crippen LogP contribution in [0.3, 0.4) is 0 Å². The molecular formula is C18H20O. The van der Waals surface area contributed by atoms with Gasteiger partial charge in [0.15, 0.2) is 0 Å². The van der Waals surface area contributed by atoms with Crippen molar-refractivity contribution in [1.82, 2.24) is 0 Å². The predicted molar refractivity (Wildman–Crippen MR) is 80.2 cm³/mol. The molecule has 19 heavy (non-hydrogen) atoms. The first-order valence-corrected chi connectivity index (χ1v) is 6.84. The first-order chi connectivity index (χ1) is 9.38. The Morgan fingerprint density at radius 3 is 2.21 bits per heavy atom. The highest BCUT2D eigenvalue weighted by Crippen LogP contribution is 2.17. The smallest absolute Gasteiger partial charge is 0.126 e. The molecule has 0 amide bonds. The summed E-state index contributed by atoms with van der Waals surface area (Å²) in [7, 11) is 0. The molecule has 0 aliphatic heterocycles. The van der Waals surface area contributed by atoms with Crippen molar-refractivity contribution >= 4 is 0 Å². The number of allylic oxidation sites excluding steroid dienone is 2. The summed E-state index contributed by atoms with van der Waals surface area (Å²) in [5.41, 5.74) is 1.28. The van der Waals surface area contributed by atoms with Crippen molar-refractivity contribution in [2.45, 2.75) is 26.2 Å². The fraction of sp³-hybridized carbons (Fsp3) is 0.222. The van der Waals surface area contributed by atoms with Crippen molar-refractivity contribution in [3.05, 3.63) is 78.1 Å². The van der Waals surface area contributed by atoms with Crippen LogP contribution in [0.15, 0.2) is 72.5 Å². The van der Waals surface area contributed by atoms with Gasteiger partial charge in [0, 0.05) is 6.42 Å². The summed E-state index contributed by atoms with van der Waals surface area (Å²) < 4.78 is 5.98. The zero-order valence-corrected chi connectivity index (χ0v) is 11.4. The monoisotopic (exact) mass is 252 g/mol. The van der Waals surface area contributed by atoms with Gasteiger partial charge in [0.25, 0.3) is 0 Å². The summed E-state index contributed by atoms with van der Waals surface area (Å²) in [5, 5.41) is 0. The van der Waals surface area contributed by atoms with Gasteiger partial charge in [-0.1, -0.05) is 61.9 Å². The standard InChI is InChI=1S/C18H20O/c1-2-3-12-18(15-16-10-6-4-7-11-16)19-17-13-8-5-9-14-17/h4-14H,2-3,15H2,1H3. The van der Waals surface area contributed by atoms with Crippen LogP contribution in [0.5, 0.6) is 5.75 Å². The van der Waals surface area contributed by atoms with Gasteiger partial charge in [-0.25, -0.2) is 0 Å². The van der Waals surface area contributed by atoms with Crippen LogP contribution in [-0.4, -0.2) is 0 Å². The van der Waals surface area contributed by atoms with E-state index in [1.54, 1.807) is 0 Å². The van der Waals surface area contributed by atoms with E-state index in [4.69, 9.17) is 4.74 Å². The van der Waals surface area contributed by atoms with Crippen LogP contribution in [-0.2, 0) is 6.42 Å². The molecule has 2 rings (SSSR count). The average Bonchev–Trinajstić information content (AvgIpc) is 2.47. The van der Waals surface area contributed by atoms with Gasteiger partial charge in [-0.05, 0) is 30.2 Å². The van der Waals surface area contributed by atoms with E-state index in [1.807, 2.05) is 36.4 Å². The van der Waals surface area contributed by atoms with Crippen LogP contribution >= 0.6 is 0 Å². The highest BCUT2D eigenvalue weighted by atomic mass is 16.5. The Bertz CT molecular complexity index is 456. The zero-order valence-electron chi connectivity index (χ0n) is 11.4. The number of rotatable bonds is 6. The second kappa shape index (κ2) is 7.42. The van der Waals surface area contributed by atoms with Crippen molar-refractivity contribution in [1.29, 1.82) is 0 Å². The quantitative estimate of drug-likeness (QED) is 0.658. The third kappa shape index (κ3) is 4.63. The Labute approximate surface area is 115 Å². The van der Waals surface area contributed by atoms with Gasteiger partial charge in [-0.15, -0.1) is 0 Å². The highest BCUT2D eigenvalue weighted by molar-refractivity contribution is 5.26. The third-order valence-corrected chi connectivity index (χ3v) is 2.87. The molecule has 0 spiro atoms. The summed E-state index contributed by atoms with van der Waals surface area (Å²) in [6.45, 7) is 2.18. The summed E-state index contributed by atoms with van der Waals surface area (Å²) in [6, 6.07) is 20.4. The maximum absolute atomic E-state index is 5.98. The first-order valence-electron chi connectivity index (χ1n) is 6.84. The highest BCUT2D eigenvalue weighted by Gasteiger charge is 2.02. The molecule has 0 radical (unpaired) electrons. The van der Waals surface area contributed by atoms with Crippen molar-refractivity contribution in [2.24, 2.45) is 0 Å². The molecule has 98 valence electrons. The minimum Gasteiger partial charge on any atom is -0.462 e. The van der Waals surface area contributed by atoms with E-state index in [2.05, 4.69) is 37.3 Å². The topological polar surface area (TPSA) is 9.23 Å². The van der Waals surface area contributed by atoms with E-state index in [1.165, 1.54) is 5.56 Å². The molecule has 0 bridgehead atoms. The molecule has 1 heteroatoms. The molecule has 0 aliphatic carbocycles. The van der Waals surface area contributed by atoms with Crippen LogP contribution in [0.1, 0.15) is 25.3 Å². The molecule has 0 aliphatic rings. The molecule has 0 atom stereocenters. The molecule has 1 nitrogen and oxygen atoms in total. The molecule has 2 aromatic carbocycles. The van der Waals surface area contributed by atoms with E-state index >= 15 is 0 Å². The molecule has 0 aromatic heterocycles. The van der Waals surface area contributed by atoms with Crippen LogP contribution in [0, 0.1) is 0 Å². The van der Waals surface area contributed by atoms with Crippen LogP contribution in [0.2, 0.25) is 0 Å². The van der Waals surface area contributed by atoms with Crippen molar-refractivity contribution in [3.63, 3.8) is 0 Å². The average molecular weight is 252 g/mol. The maximum Gasteiger partial charge on any atom is 0.126 e. The lowest BCUT2D eigenvalue weighted by molar-refractivity contribution is 0.410. The van der Waals surface area contributed by atoms with E-state index in [0.717, 1.165) is 30.8 Å². The Morgan fingerprint density at radius 1 is 0.947 bits per heavy atom. The maximum atomic E-state index is 5.98. The third-order valence-electron chi connectivity index (χ3n) is 2.87. The number of unbranched alkanes of at least 4 members (excludes halogenated alkanes) is 1. The molecule has 2 aromatic rings. The van der Waals surface area contributed by atoms with Crippen molar-refractivity contribution in [3.8, 4) is 5.75 Å². The predicted octanol–water partition coefficient (Wildman–Crippen LogP) is 4.99. The van der Waals surface area contributed by atoms with Crippen LogP contribution in [0.25, 0.3) is 0 Å². The second-order valence-electron chi connectivity index (χ2n) is 4.54. The number of hydrogen-bond donors (Lipinski definition) is 0. The van der Waals surface area contributed by atoms with Gasteiger partial charge < -0.3 is 4.74 Å². The Kier molecular flexibility index (Phi) is 5.24. The zero-order chi connectivity index (χ0) is 13.3. The fourth-order valence-corrected chi connectivity index (χ4v) is 1.89. The number of benzene rings is 2. The minimum atomic E-state index is 0.843. The second-order valence-corrected chi connectivity index (χ2v) is 4.54. The number of ether oxygens (including phenoxy) is 1. The van der Waals surface area contributed by atoms with Crippen molar-refractivity contribution < 1.29 is 4.74 Å². The van der Waals surface area contributed by atoms with Gasteiger partial charge in [0.1, 0.15) is 11.5 Å². The van der Waals surface area contributed by atoms with E-state index < -0.39 is 0 Å². The number of hydrogen-bond acceptors (Lipinski definition) is 1. The van der Waals surface area contributed by atoms with E-state index in [9.17, 15) is 0 Å². The summed E-state index contributed by atoms with van der Waals surface area (Å²) in [6.07, 6.45) is 5.22. The Morgan fingerprint density at radius 2 is 1.58 bits per heavy atom. The lowest BCUT2D eigenvalue weighted by Crippen LogP contribution is -1.99. The van der Waals surface area contributed by atoms with E-state index in [-0.39, 0.29) is 0 Å². The molecule has 0 saturated heterocycles. The lowest BCUT2D eigenvalue weighted by Gasteiger charge is -2.10. The lowest BCUT2D eigenvalue weighted by atomic mass is 10.1. The van der Waals surface area contributed by atoms with Crippen LogP contribution in [0.4, 0.5) is 0 Å². The van der Waals surface area contributed by atoms with Crippen LogP contribution < -0.4 is 4.74 Å². The first kappa shape index (κ1) is 13.4. The molecule has 0 fully saturated rings. The van der Waals surface area contributed by atoms with Crippen molar-refractivity contribution in [2.75, 3.05) is 0 Å². The van der Waals surface area contributed by atoms with Gasteiger partial charge >= 0.3 is 0 Å². The van der Waals surface area contributed by atoms with Gasteiger partial charge in [-0.3, -0.25) is 0 Å². The Hall–Kier alpha value is -2.02. The normalized spacial score (nSPS) is 11.3. The SMILES string of the molecule is CCCC=C(Cc1ccccc1)Oc1ccccc1. The van der Waals surface area contributed by atoms with E-state index in [0.29, 0.717) is 0 Å². The summed E-state index contributed by atoms with van der Waals surface area (Å²) in [5.74, 6) is 1.93. The molecular weight excluding hydrogens is 232 g/mol. The molecule has 0 N–H and O–H groups in total. The largest absolute Gasteiger partial charge is 0.462 e. The minimum absolute atomic E-state index is 0.843. The molecule has 0 unspecified atom stereocenters. The summed E-state index contributed by atoms with van der Waals surface area (Å²) >= 11 is 0. The van der Waals surface area contributed by atoms with Gasteiger partial charge in [0.2, 0.25) is 0 Å².